The lowest BCUT2D eigenvalue weighted by Gasteiger charge is -2.54. The number of oxazole rings is 1. The average Bonchev–Trinajstić information content (AvgIpc) is 3.30. The van der Waals surface area contributed by atoms with Gasteiger partial charge in [-0.25, -0.2) is 9.78 Å². The molecule has 1 amide bonds. The number of rotatable bonds is 3. The fourth-order valence-electron chi connectivity index (χ4n) is 3.89. The third-order valence-electron chi connectivity index (χ3n) is 5.13. The van der Waals surface area contributed by atoms with Crippen molar-refractivity contribution in [2.24, 2.45) is 0 Å². The molecule has 0 spiro atoms. The van der Waals surface area contributed by atoms with Gasteiger partial charge in [-0.3, -0.25) is 4.90 Å². The summed E-state index contributed by atoms with van der Waals surface area (Å²) in [5.41, 5.74) is 2.03. The number of aromatic nitrogens is 2. The van der Waals surface area contributed by atoms with Crippen molar-refractivity contribution in [3.8, 4) is 10.6 Å². The lowest BCUT2D eigenvalue weighted by Crippen LogP contribution is -2.70. The van der Waals surface area contributed by atoms with Gasteiger partial charge in [0.1, 0.15) is 16.8 Å². The molecule has 0 radical (unpaired) electrons. The van der Waals surface area contributed by atoms with Gasteiger partial charge in [-0.05, 0) is 17.6 Å². The van der Waals surface area contributed by atoms with Gasteiger partial charge in [0.05, 0.1) is 17.6 Å². The highest BCUT2D eigenvalue weighted by Crippen LogP contribution is 2.38. The van der Waals surface area contributed by atoms with Crippen molar-refractivity contribution in [3.63, 3.8) is 0 Å². The third-order valence-corrected chi connectivity index (χ3v) is 6.84. The average molecular weight is 404 g/mol. The summed E-state index contributed by atoms with van der Waals surface area (Å²) in [6.07, 6.45) is 3.37. The van der Waals surface area contributed by atoms with Crippen LogP contribution in [0.1, 0.15) is 6.42 Å². The number of piperidine rings is 1. The van der Waals surface area contributed by atoms with E-state index >= 15 is 0 Å². The van der Waals surface area contributed by atoms with Gasteiger partial charge in [0.2, 0.25) is 0 Å². The Morgan fingerprint density at radius 1 is 1.41 bits per heavy atom. The Balaban J connectivity index is 1.54. The number of nitrogens with zero attached hydrogens (tertiary/aromatic N) is 4. The first kappa shape index (κ1) is 16.8. The Kier molecular flexibility index (Phi) is 3.81. The van der Waals surface area contributed by atoms with Crippen molar-refractivity contribution in [1.82, 2.24) is 14.9 Å². The van der Waals surface area contributed by atoms with Gasteiger partial charge in [-0.2, -0.15) is 4.98 Å². The molecule has 2 aromatic heterocycles. The van der Waals surface area contributed by atoms with Crippen LogP contribution in [0.4, 0.5) is 10.8 Å². The first-order valence-electron chi connectivity index (χ1n) is 8.45. The van der Waals surface area contributed by atoms with E-state index in [4.69, 9.17) is 4.42 Å². The minimum Gasteiger partial charge on any atom is -0.612 e. The molecule has 3 aliphatic rings. The molecule has 5 heterocycles. The molecule has 1 aromatic carbocycles. The number of hydrogen-bond donors (Lipinski definition) is 1. The molecule has 3 atom stereocenters. The summed E-state index contributed by atoms with van der Waals surface area (Å²) in [4.78, 5) is 24.4. The Morgan fingerprint density at radius 2 is 2.19 bits per heavy atom. The van der Waals surface area contributed by atoms with E-state index in [1.165, 1.54) is 16.2 Å². The summed E-state index contributed by atoms with van der Waals surface area (Å²) in [6, 6.07) is 4.05. The maximum absolute atomic E-state index is 12.0. The van der Waals surface area contributed by atoms with Crippen LogP contribution in [0, 0.1) is 0 Å². The zero-order valence-corrected chi connectivity index (χ0v) is 16.0. The van der Waals surface area contributed by atoms with Crippen molar-refractivity contribution in [3.05, 3.63) is 23.7 Å². The zero-order valence-electron chi connectivity index (χ0n) is 14.4. The van der Waals surface area contributed by atoms with Crippen molar-refractivity contribution >= 4 is 45.7 Å². The van der Waals surface area contributed by atoms with E-state index in [-0.39, 0.29) is 12.1 Å². The molecule has 3 aliphatic heterocycles. The molecule has 27 heavy (non-hydrogen) atoms. The fourth-order valence-corrected chi connectivity index (χ4v) is 5.10. The molecule has 1 N–H and O–H groups in total. The lowest BCUT2D eigenvalue weighted by atomic mass is 9.88. The largest absolute Gasteiger partial charge is 0.612 e. The fraction of sp³-hybridized carbons (Fsp3) is 0.353. The molecular formula is C17H16N4O4S2. The van der Waals surface area contributed by atoms with Gasteiger partial charge < -0.3 is 19.0 Å². The Bertz CT molecular complexity index is 1010. The van der Waals surface area contributed by atoms with Crippen LogP contribution in [-0.2, 0) is 11.2 Å². The number of carbonyl (C=O) groups is 1. The highest BCUT2D eigenvalue weighted by Gasteiger charge is 2.48. The van der Waals surface area contributed by atoms with Crippen molar-refractivity contribution < 1.29 is 18.9 Å². The van der Waals surface area contributed by atoms with Crippen LogP contribution in [0.15, 0.2) is 33.0 Å². The van der Waals surface area contributed by atoms with E-state index in [2.05, 4.69) is 9.97 Å². The first-order chi connectivity index (χ1) is 13.0. The number of carboxylic acid groups (broad SMARTS) is 1. The van der Waals surface area contributed by atoms with Gasteiger partial charge in [-0.15, -0.1) is 11.3 Å². The monoisotopic (exact) mass is 404 g/mol. The minimum atomic E-state index is -1.15. The van der Waals surface area contributed by atoms with Gasteiger partial charge in [0.15, 0.2) is 10.5 Å². The Hall–Kier alpha value is -2.30. The lowest BCUT2D eigenvalue weighted by molar-refractivity contribution is 0.0101. The van der Waals surface area contributed by atoms with Crippen LogP contribution >= 0.6 is 11.3 Å². The molecule has 0 aliphatic carbocycles. The second-order valence-corrected chi connectivity index (χ2v) is 9.02. The maximum Gasteiger partial charge on any atom is 0.407 e. The molecular weight excluding hydrogens is 388 g/mol. The molecule has 3 fully saturated rings. The van der Waals surface area contributed by atoms with Crippen LogP contribution in [-0.4, -0.2) is 62.0 Å². The smallest absolute Gasteiger partial charge is 0.407 e. The van der Waals surface area contributed by atoms with Gasteiger partial charge in [-0.1, -0.05) is 0 Å². The molecule has 0 saturated carbocycles. The van der Waals surface area contributed by atoms with Gasteiger partial charge in [0.25, 0.3) is 6.01 Å². The van der Waals surface area contributed by atoms with Crippen molar-refractivity contribution in [2.75, 3.05) is 24.2 Å². The van der Waals surface area contributed by atoms with Crippen LogP contribution in [0.5, 0.6) is 0 Å². The van der Waals surface area contributed by atoms with Gasteiger partial charge in [0, 0.05) is 36.8 Å². The Morgan fingerprint density at radius 3 is 2.81 bits per heavy atom. The number of benzene rings is 1. The van der Waals surface area contributed by atoms with E-state index in [1.807, 2.05) is 16.3 Å². The molecule has 6 rings (SSSR count). The second kappa shape index (κ2) is 6.11. The normalized spacial score (nSPS) is 22.7. The zero-order chi connectivity index (χ0) is 18.7. The minimum absolute atomic E-state index is 0.0200. The standard InChI is InChI=1S/C17H16N4O4S2/c1-27(24)11-5-12(15-18-2-3-26-15)14-13(6-11)19-16(25-14)20-7-9-4-10(8-20)21(9)17(22)23/h2-3,5-6,9-10H,4,7-8H2,1H3,(H,22,23). The quantitative estimate of drug-likeness (QED) is 0.669. The van der Waals surface area contributed by atoms with E-state index in [0.29, 0.717) is 35.1 Å². The summed E-state index contributed by atoms with van der Waals surface area (Å²) in [7, 11) is 0. The van der Waals surface area contributed by atoms with Crippen molar-refractivity contribution in [2.45, 2.75) is 23.4 Å². The summed E-state index contributed by atoms with van der Waals surface area (Å²) in [5.74, 6) is 0. The van der Waals surface area contributed by atoms with Crippen LogP contribution in [0.3, 0.4) is 0 Å². The predicted octanol–water partition coefficient (Wildman–Crippen LogP) is 2.63. The number of anilines is 1. The predicted molar refractivity (Wildman–Crippen MR) is 102 cm³/mol. The molecule has 3 saturated heterocycles. The number of piperazine rings is 1. The Labute approximate surface area is 161 Å². The summed E-state index contributed by atoms with van der Waals surface area (Å²) in [6.45, 7) is 1.13. The maximum atomic E-state index is 12.0. The van der Waals surface area contributed by atoms with Gasteiger partial charge >= 0.3 is 6.09 Å². The topological polar surface area (TPSA) is 106 Å². The number of amides is 1. The highest BCUT2D eigenvalue weighted by atomic mass is 32.2. The SMILES string of the molecule is C[S+]([O-])c1cc(-c2nccs2)c2oc(N3CC4CC(C3)N4C(=O)O)nc2c1. The molecule has 3 unspecified atom stereocenters. The van der Waals surface area contributed by atoms with Crippen LogP contribution < -0.4 is 4.90 Å². The van der Waals surface area contributed by atoms with Crippen LogP contribution in [0.2, 0.25) is 0 Å². The second-order valence-electron chi connectivity index (χ2n) is 6.75. The third kappa shape index (κ3) is 2.67. The van der Waals surface area contributed by atoms with E-state index in [9.17, 15) is 14.5 Å². The van der Waals surface area contributed by atoms with E-state index < -0.39 is 17.3 Å². The molecule has 10 heteroatoms. The first-order valence-corrected chi connectivity index (χ1v) is 10.9. The number of thiazole rings is 1. The summed E-state index contributed by atoms with van der Waals surface area (Å²) in [5, 5.41) is 11.9. The molecule has 2 bridgehead atoms. The summed E-state index contributed by atoms with van der Waals surface area (Å²) >= 11 is 0.332. The number of hydrogen-bond acceptors (Lipinski definition) is 7. The molecule has 8 nitrogen and oxygen atoms in total. The van der Waals surface area contributed by atoms with E-state index in [1.54, 1.807) is 18.5 Å². The van der Waals surface area contributed by atoms with Crippen molar-refractivity contribution in [1.29, 1.82) is 0 Å². The highest BCUT2D eigenvalue weighted by molar-refractivity contribution is 7.90. The van der Waals surface area contributed by atoms with E-state index in [0.717, 1.165) is 17.0 Å². The summed E-state index contributed by atoms with van der Waals surface area (Å²) < 4.78 is 18.1. The molecule has 140 valence electrons. The molecule has 3 aromatic rings. The number of fused-ring (bicyclic) bond motifs is 3. The van der Waals surface area contributed by atoms with Crippen LogP contribution in [0.25, 0.3) is 21.7 Å².